The predicted octanol–water partition coefficient (Wildman–Crippen LogP) is 2.79. The highest BCUT2D eigenvalue weighted by atomic mass is 16.5. The zero-order valence-corrected chi connectivity index (χ0v) is 14.7. The Balaban J connectivity index is 1.74. The number of ketones is 1. The van der Waals surface area contributed by atoms with E-state index in [4.69, 9.17) is 9.47 Å². The molecule has 25 heavy (non-hydrogen) atoms. The highest BCUT2D eigenvalue weighted by molar-refractivity contribution is 6.04. The smallest absolute Gasteiger partial charge is 0.268 e. The second-order valence-corrected chi connectivity index (χ2v) is 6.13. The number of ether oxygens (including phenoxy) is 2. The Bertz CT molecular complexity index is 823. The molecule has 0 aliphatic heterocycles. The van der Waals surface area contributed by atoms with Crippen LogP contribution in [-0.2, 0) is 13.0 Å². The van der Waals surface area contributed by atoms with Crippen molar-refractivity contribution >= 4 is 11.7 Å². The van der Waals surface area contributed by atoms with E-state index in [0.717, 1.165) is 29.7 Å². The third-order valence-corrected chi connectivity index (χ3v) is 4.57. The van der Waals surface area contributed by atoms with Crippen molar-refractivity contribution in [3.8, 4) is 11.5 Å². The van der Waals surface area contributed by atoms with Crippen molar-refractivity contribution < 1.29 is 19.1 Å². The van der Waals surface area contributed by atoms with Crippen molar-refractivity contribution in [3.05, 3.63) is 46.3 Å². The number of fused-ring (bicyclic) bond motifs is 1. The lowest BCUT2D eigenvalue weighted by Crippen LogP contribution is -2.24. The number of aromatic amines is 1. The lowest BCUT2D eigenvalue weighted by atomic mass is 9.94. The molecule has 0 spiro atoms. The Hall–Kier alpha value is -2.76. The van der Waals surface area contributed by atoms with Crippen LogP contribution in [0.15, 0.2) is 18.2 Å². The van der Waals surface area contributed by atoms with Gasteiger partial charge in [0.15, 0.2) is 17.3 Å². The normalized spacial score (nSPS) is 13.3. The van der Waals surface area contributed by atoms with Gasteiger partial charge in [0, 0.05) is 24.2 Å². The Morgan fingerprint density at radius 3 is 2.64 bits per heavy atom. The largest absolute Gasteiger partial charge is 0.493 e. The molecule has 0 unspecified atom stereocenters. The van der Waals surface area contributed by atoms with Crippen molar-refractivity contribution in [2.24, 2.45) is 0 Å². The average Bonchev–Trinajstić information content (AvgIpc) is 2.97. The summed E-state index contributed by atoms with van der Waals surface area (Å²) in [4.78, 5) is 27.7. The average molecular weight is 342 g/mol. The minimum Gasteiger partial charge on any atom is -0.493 e. The number of benzene rings is 1. The van der Waals surface area contributed by atoms with E-state index < -0.39 is 0 Å². The highest BCUT2D eigenvalue weighted by Crippen LogP contribution is 2.28. The molecule has 0 saturated heterocycles. The van der Waals surface area contributed by atoms with Gasteiger partial charge in [-0.1, -0.05) is 6.07 Å². The Morgan fingerprint density at radius 1 is 1.20 bits per heavy atom. The fraction of sp³-hybridized carbons (Fsp3) is 0.368. The number of aryl methyl sites for hydroxylation is 1. The van der Waals surface area contributed by atoms with Gasteiger partial charge >= 0.3 is 0 Å². The van der Waals surface area contributed by atoms with Crippen LogP contribution in [-0.4, -0.2) is 30.9 Å². The number of H-pyrrole nitrogens is 1. The highest BCUT2D eigenvalue weighted by Gasteiger charge is 2.26. The number of hydrogen-bond acceptors (Lipinski definition) is 4. The quantitative estimate of drug-likeness (QED) is 0.875. The van der Waals surface area contributed by atoms with E-state index in [-0.39, 0.29) is 11.7 Å². The van der Waals surface area contributed by atoms with E-state index in [2.05, 4.69) is 10.3 Å². The van der Waals surface area contributed by atoms with Gasteiger partial charge in [-0.15, -0.1) is 0 Å². The lowest BCUT2D eigenvalue weighted by Gasteiger charge is -2.10. The molecule has 2 N–H and O–H groups in total. The number of hydrogen-bond donors (Lipinski definition) is 2. The van der Waals surface area contributed by atoms with Crippen LogP contribution < -0.4 is 14.8 Å². The molecule has 1 heterocycles. The van der Waals surface area contributed by atoms with E-state index in [0.29, 0.717) is 35.7 Å². The maximum Gasteiger partial charge on any atom is 0.268 e. The summed E-state index contributed by atoms with van der Waals surface area (Å²) in [5, 5.41) is 2.89. The van der Waals surface area contributed by atoms with Gasteiger partial charge in [-0.2, -0.15) is 0 Å². The molecule has 0 radical (unpaired) electrons. The summed E-state index contributed by atoms with van der Waals surface area (Å²) in [6, 6.07) is 5.50. The van der Waals surface area contributed by atoms with E-state index >= 15 is 0 Å². The van der Waals surface area contributed by atoms with E-state index in [9.17, 15) is 9.59 Å². The van der Waals surface area contributed by atoms with Gasteiger partial charge in [0.1, 0.15) is 5.69 Å². The minimum atomic E-state index is -0.213. The number of carbonyl (C=O) groups is 2. The van der Waals surface area contributed by atoms with E-state index in [1.807, 2.05) is 19.1 Å². The summed E-state index contributed by atoms with van der Waals surface area (Å²) in [5.41, 5.74) is 3.69. The summed E-state index contributed by atoms with van der Waals surface area (Å²) >= 11 is 0. The molecule has 1 aliphatic carbocycles. The van der Waals surface area contributed by atoms with Crippen LogP contribution in [0.1, 0.15) is 50.5 Å². The zero-order chi connectivity index (χ0) is 18.0. The summed E-state index contributed by atoms with van der Waals surface area (Å²) < 4.78 is 10.5. The Labute approximate surface area is 146 Å². The molecule has 1 aliphatic rings. The van der Waals surface area contributed by atoms with Crippen molar-refractivity contribution in [2.45, 2.75) is 32.7 Å². The van der Waals surface area contributed by atoms with Crippen molar-refractivity contribution in [2.75, 3.05) is 14.2 Å². The Kier molecular flexibility index (Phi) is 4.79. The van der Waals surface area contributed by atoms with Crippen LogP contribution in [0.25, 0.3) is 0 Å². The lowest BCUT2D eigenvalue weighted by molar-refractivity contribution is 0.0945. The molecule has 1 aromatic heterocycles. The van der Waals surface area contributed by atoms with E-state index in [1.165, 1.54) is 0 Å². The molecule has 6 heteroatoms. The zero-order valence-electron chi connectivity index (χ0n) is 14.7. The first-order chi connectivity index (χ1) is 12.0. The van der Waals surface area contributed by atoms with Crippen molar-refractivity contribution in [1.29, 1.82) is 0 Å². The summed E-state index contributed by atoms with van der Waals surface area (Å²) in [6.07, 6.45) is 2.20. The van der Waals surface area contributed by atoms with Gasteiger partial charge in [0.25, 0.3) is 5.91 Å². The molecule has 0 atom stereocenters. The monoisotopic (exact) mass is 342 g/mol. The van der Waals surface area contributed by atoms with Gasteiger partial charge in [-0.05, 0) is 43.0 Å². The van der Waals surface area contributed by atoms with Crippen molar-refractivity contribution in [1.82, 2.24) is 10.3 Å². The number of methoxy groups -OCH3 is 2. The molecule has 132 valence electrons. The predicted molar refractivity (Wildman–Crippen MR) is 93.5 cm³/mol. The molecule has 2 aromatic rings. The number of aromatic nitrogens is 1. The van der Waals surface area contributed by atoms with Crippen LogP contribution in [0.4, 0.5) is 0 Å². The number of Topliss-reactive ketones (excluding diaryl/α,β-unsaturated/α-hetero) is 1. The third-order valence-electron chi connectivity index (χ3n) is 4.57. The van der Waals surface area contributed by atoms with Crippen molar-refractivity contribution in [3.63, 3.8) is 0 Å². The summed E-state index contributed by atoms with van der Waals surface area (Å²) in [5.74, 6) is 1.17. The summed E-state index contributed by atoms with van der Waals surface area (Å²) in [7, 11) is 3.15. The number of nitrogens with one attached hydrogen (secondary N) is 2. The van der Waals surface area contributed by atoms with Gasteiger partial charge in [-0.25, -0.2) is 0 Å². The fourth-order valence-corrected chi connectivity index (χ4v) is 3.26. The van der Waals surface area contributed by atoms with E-state index in [1.54, 1.807) is 20.3 Å². The molecule has 0 fully saturated rings. The first-order valence-corrected chi connectivity index (χ1v) is 8.29. The van der Waals surface area contributed by atoms with Crippen LogP contribution in [0.5, 0.6) is 11.5 Å². The number of amides is 1. The second kappa shape index (κ2) is 7.01. The maximum absolute atomic E-state index is 12.5. The minimum absolute atomic E-state index is 0.119. The third kappa shape index (κ3) is 3.24. The number of rotatable bonds is 5. The SMILES string of the molecule is COc1ccc(CNC(=O)c2[nH]c3c(c2C)C(=O)CCC3)cc1OC. The van der Waals surface area contributed by atoms with Gasteiger partial charge < -0.3 is 19.8 Å². The molecule has 6 nitrogen and oxygen atoms in total. The summed E-state index contributed by atoms with van der Waals surface area (Å²) in [6.45, 7) is 2.18. The van der Waals surface area contributed by atoms with Crippen LogP contribution in [0.3, 0.4) is 0 Å². The van der Waals surface area contributed by atoms with Gasteiger partial charge in [-0.3, -0.25) is 9.59 Å². The van der Waals surface area contributed by atoms with Crippen LogP contribution >= 0.6 is 0 Å². The van der Waals surface area contributed by atoms with Gasteiger partial charge in [0.05, 0.1) is 14.2 Å². The molecule has 0 bridgehead atoms. The molecular weight excluding hydrogens is 320 g/mol. The maximum atomic E-state index is 12.5. The second-order valence-electron chi connectivity index (χ2n) is 6.13. The Morgan fingerprint density at radius 2 is 1.96 bits per heavy atom. The molecule has 0 saturated carbocycles. The standard InChI is InChI=1S/C19H22N2O4/c1-11-17-13(5-4-6-14(17)22)21-18(11)19(23)20-10-12-7-8-15(24-2)16(9-12)25-3/h7-9,21H,4-6,10H2,1-3H3,(H,20,23). The fourth-order valence-electron chi connectivity index (χ4n) is 3.26. The van der Waals surface area contributed by atoms with Gasteiger partial charge in [0.2, 0.25) is 0 Å². The first kappa shape index (κ1) is 17.1. The molecule has 3 rings (SSSR count). The van der Waals surface area contributed by atoms with Crippen LogP contribution in [0.2, 0.25) is 0 Å². The first-order valence-electron chi connectivity index (χ1n) is 8.29. The van der Waals surface area contributed by atoms with Crippen LogP contribution in [0, 0.1) is 6.92 Å². The molecular formula is C19H22N2O4. The molecule has 1 aromatic carbocycles. The topological polar surface area (TPSA) is 80.4 Å². The number of carbonyl (C=O) groups excluding carboxylic acids is 2. The molecule has 1 amide bonds.